The summed E-state index contributed by atoms with van der Waals surface area (Å²) in [6.45, 7) is 6.11. The first-order valence-corrected chi connectivity index (χ1v) is 14.9. The van der Waals surface area contributed by atoms with Gasteiger partial charge in [-0.1, -0.05) is 93.6 Å². The zero-order valence-corrected chi connectivity index (χ0v) is 24.3. The summed E-state index contributed by atoms with van der Waals surface area (Å²) in [6, 6.07) is 31.8. The van der Waals surface area contributed by atoms with Gasteiger partial charge >= 0.3 is 0 Å². The van der Waals surface area contributed by atoms with Crippen LogP contribution in [-0.2, 0) is 9.59 Å². The Morgan fingerprint density at radius 3 is 2.38 bits per heavy atom. The van der Waals surface area contributed by atoms with Crippen LogP contribution in [0.25, 0.3) is 22.0 Å². The molecule has 0 aliphatic rings. The van der Waals surface area contributed by atoms with Crippen LogP contribution in [0, 0.1) is 5.41 Å². The molecular formula is C33H31N3O2S2. The smallest absolute Gasteiger partial charge is 0.244 e. The third kappa shape index (κ3) is 7.17. The molecule has 1 aromatic heterocycles. The molecule has 2 N–H and O–H groups in total. The number of nitrogens with one attached hydrogen (secondary N) is 2. The Balaban J connectivity index is 1.33. The van der Waals surface area contributed by atoms with Crippen molar-refractivity contribution in [1.29, 1.82) is 0 Å². The van der Waals surface area contributed by atoms with Gasteiger partial charge in [0, 0.05) is 27.9 Å². The number of amides is 2. The van der Waals surface area contributed by atoms with Gasteiger partial charge in [-0.25, -0.2) is 4.98 Å². The van der Waals surface area contributed by atoms with Crippen LogP contribution >= 0.6 is 23.1 Å². The fourth-order valence-electron chi connectivity index (χ4n) is 4.35. The zero-order valence-electron chi connectivity index (χ0n) is 22.7. The molecule has 0 aliphatic carbocycles. The number of anilines is 2. The van der Waals surface area contributed by atoms with E-state index in [-0.39, 0.29) is 17.2 Å². The lowest BCUT2D eigenvalue weighted by Gasteiger charge is -2.18. The highest BCUT2D eigenvalue weighted by atomic mass is 32.2. The molecule has 0 saturated heterocycles. The van der Waals surface area contributed by atoms with E-state index in [1.54, 1.807) is 0 Å². The molecule has 7 heteroatoms. The summed E-state index contributed by atoms with van der Waals surface area (Å²) in [6.07, 6.45) is 0.425. The van der Waals surface area contributed by atoms with Gasteiger partial charge in [0.1, 0.15) is 5.25 Å². The molecule has 1 unspecified atom stereocenters. The highest BCUT2D eigenvalue weighted by Crippen LogP contribution is 2.38. The van der Waals surface area contributed by atoms with Crippen molar-refractivity contribution in [3.63, 3.8) is 0 Å². The van der Waals surface area contributed by atoms with E-state index < -0.39 is 5.25 Å². The Morgan fingerprint density at radius 2 is 1.60 bits per heavy atom. The average molecular weight is 566 g/mol. The van der Waals surface area contributed by atoms with Crippen LogP contribution in [0.5, 0.6) is 0 Å². The Hall–Kier alpha value is -3.94. The Morgan fingerprint density at radius 1 is 0.850 bits per heavy atom. The molecule has 0 bridgehead atoms. The summed E-state index contributed by atoms with van der Waals surface area (Å²) in [5.74, 6) is -0.184. The minimum atomic E-state index is -0.505. The number of aromatic nitrogens is 1. The molecule has 40 heavy (non-hydrogen) atoms. The molecule has 4 aromatic carbocycles. The van der Waals surface area contributed by atoms with Crippen LogP contribution in [0.2, 0.25) is 0 Å². The predicted octanol–water partition coefficient (Wildman–Crippen LogP) is 8.81. The molecule has 0 aliphatic heterocycles. The van der Waals surface area contributed by atoms with Gasteiger partial charge in [0.15, 0.2) is 5.13 Å². The third-order valence-electron chi connectivity index (χ3n) is 6.18. The fraction of sp³-hybridized carbons (Fsp3) is 0.182. The lowest BCUT2D eigenvalue weighted by Crippen LogP contribution is -2.20. The molecular weight excluding hydrogens is 535 g/mol. The lowest BCUT2D eigenvalue weighted by molar-refractivity contribution is -0.118. The minimum Gasteiger partial charge on any atom is -0.326 e. The Kier molecular flexibility index (Phi) is 8.33. The fourth-order valence-corrected chi connectivity index (χ4v) is 6.16. The van der Waals surface area contributed by atoms with Crippen molar-refractivity contribution in [2.24, 2.45) is 5.41 Å². The maximum atomic E-state index is 13.6. The minimum absolute atomic E-state index is 0.0296. The van der Waals surface area contributed by atoms with Crippen LogP contribution in [0.1, 0.15) is 38.0 Å². The number of fused-ring (bicyclic) bond motifs is 1. The molecule has 5 aromatic rings. The number of hydrogen-bond donors (Lipinski definition) is 2. The van der Waals surface area contributed by atoms with E-state index in [2.05, 4.69) is 41.0 Å². The predicted molar refractivity (Wildman–Crippen MR) is 168 cm³/mol. The average Bonchev–Trinajstić information content (AvgIpc) is 3.39. The number of nitrogens with zero attached hydrogens (tertiary/aromatic N) is 1. The monoisotopic (exact) mass is 565 g/mol. The molecule has 202 valence electrons. The second kappa shape index (κ2) is 12.1. The molecule has 0 spiro atoms. The molecule has 5 rings (SSSR count). The van der Waals surface area contributed by atoms with Gasteiger partial charge in [-0.2, -0.15) is 0 Å². The summed E-state index contributed by atoms with van der Waals surface area (Å²) < 4.78 is 0. The van der Waals surface area contributed by atoms with E-state index >= 15 is 0 Å². The van der Waals surface area contributed by atoms with Crippen molar-refractivity contribution >= 4 is 56.5 Å². The van der Waals surface area contributed by atoms with E-state index in [4.69, 9.17) is 4.98 Å². The SMILES string of the molecule is CC(C)(C)CC(=O)Nc1cccc(SC(C(=O)Nc2nc(-c3ccc4ccccc4c3)cs2)c2ccccc2)c1. The highest BCUT2D eigenvalue weighted by molar-refractivity contribution is 8.00. The van der Waals surface area contributed by atoms with Crippen LogP contribution in [0.4, 0.5) is 10.8 Å². The van der Waals surface area contributed by atoms with Crippen molar-refractivity contribution in [3.8, 4) is 11.3 Å². The van der Waals surface area contributed by atoms with Gasteiger partial charge in [-0.15, -0.1) is 23.1 Å². The topological polar surface area (TPSA) is 71.1 Å². The lowest BCUT2D eigenvalue weighted by atomic mass is 9.92. The molecule has 1 atom stereocenters. The number of benzene rings is 4. The first-order chi connectivity index (χ1) is 19.2. The van der Waals surface area contributed by atoms with E-state index in [0.29, 0.717) is 17.2 Å². The molecule has 1 heterocycles. The summed E-state index contributed by atoms with van der Waals surface area (Å²) in [7, 11) is 0. The summed E-state index contributed by atoms with van der Waals surface area (Å²) in [5.41, 5.74) is 3.34. The second-order valence-corrected chi connectivity index (χ2v) is 12.8. The quantitative estimate of drug-likeness (QED) is 0.184. The number of hydrogen-bond acceptors (Lipinski definition) is 5. The number of carbonyl (C=O) groups is 2. The summed E-state index contributed by atoms with van der Waals surface area (Å²) in [5, 5.41) is 10.4. The van der Waals surface area contributed by atoms with Crippen molar-refractivity contribution < 1.29 is 9.59 Å². The maximum absolute atomic E-state index is 13.6. The standard InChI is InChI=1S/C33H31N3O2S2/c1-33(2,3)20-29(37)34-26-14-9-15-27(19-26)40-30(23-11-5-4-6-12-23)31(38)36-32-35-28(21-39-32)25-17-16-22-10-7-8-13-24(22)18-25/h4-19,21,30H,20H2,1-3H3,(H,34,37)(H,35,36,38). The zero-order chi connectivity index (χ0) is 28.1. The van der Waals surface area contributed by atoms with Crippen LogP contribution < -0.4 is 10.6 Å². The van der Waals surface area contributed by atoms with Gasteiger partial charge < -0.3 is 10.6 Å². The third-order valence-corrected chi connectivity index (χ3v) is 8.19. The van der Waals surface area contributed by atoms with Gasteiger partial charge in [0.2, 0.25) is 11.8 Å². The van der Waals surface area contributed by atoms with Crippen LogP contribution in [-0.4, -0.2) is 16.8 Å². The van der Waals surface area contributed by atoms with Gasteiger partial charge in [0.25, 0.3) is 0 Å². The molecule has 0 fully saturated rings. The molecule has 5 nitrogen and oxygen atoms in total. The summed E-state index contributed by atoms with van der Waals surface area (Å²) >= 11 is 2.85. The van der Waals surface area contributed by atoms with Crippen molar-refractivity contribution in [1.82, 2.24) is 4.98 Å². The highest BCUT2D eigenvalue weighted by Gasteiger charge is 2.24. The molecule has 0 saturated carbocycles. The van der Waals surface area contributed by atoms with Gasteiger partial charge in [0.05, 0.1) is 5.69 Å². The van der Waals surface area contributed by atoms with Crippen molar-refractivity contribution in [3.05, 3.63) is 108 Å². The Bertz CT molecular complexity index is 1640. The largest absolute Gasteiger partial charge is 0.326 e. The molecule has 0 radical (unpaired) electrons. The van der Waals surface area contributed by atoms with Crippen molar-refractivity contribution in [2.45, 2.75) is 37.3 Å². The number of rotatable bonds is 8. The second-order valence-electron chi connectivity index (χ2n) is 10.8. The van der Waals surface area contributed by atoms with E-state index in [1.807, 2.05) is 92.9 Å². The van der Waals surface area contributed by atoms with Crippen molar-refractivity contribution in [2.75, 3.05) is 10.6 Å². The maximum Gasteiger partial charge on any atom is 0.244 e. The van der Waals surface area contributed by atoms with Crippen LogP contribution in [0.3, 0.4) is 0 Å². The van der Waals surface area contributed by atoms with E-state index in [9.17, 15) is 9.59 Å². The van der Waals surface area contributed by atoms with Gasteiger partial charge in [-0.3, -0.25) is 9.59 Å². The normalized spacial score (nSPS) is 12.2. The first-order valence-electron chi connectivity index (χ1n) is 13.1. The van der Waals surface area contributed by atoms with E-state index in [0.717, 1.165) is 27.1 Å². The van der Waals surface area contributed by atoms with Crippen LogP contribution in [0.15, 0.2) is 107 Å². The van der Waals surface area contributed by atoms with Gasteiger partial charge in [-0.05, 0) is 46.0 Å². The summed E-state index contributed by atoms with van der Waals surface area (Å²) in [4.78, 5) is 31.7. The first kappa shape index (κ1) is 27.6. The number of thiazole rings is 1. The number of thioether (sulfide) groups is 1. The number of carbonyl (C=O) groups excluding carboxylic acids is 2. The molecule has 2 amide bonds. The van der Waals surface area contributed by atoms with E-state index in [1.165, 1.54) is 28.5 Å². The Labute approximate surface area is 243 Å².